The number of amides is 3. The van der Waals surface area contributed by atoms with Gasteiger partial charge in [0.25, 0.3) is 0 Å². The fourth-order valence-electron chi connectivity index (χ4n) is 5.12. The number of urea groups is 1. The number of benzene rings is 1. The van der Waals surface area contributed by atoms with E-state index in [-0.39, 0.29) is 24.0 Å². The topological polar surface area (TPSA) is 43.9 Å². The average molecular weight is 494 g/mol. The molecule has 34 heavy (non-hydrogen) atoms. The summed E-state index contributed by atoms with van der Waals surface area (Å²) in [6.07, 6.45) is -2.81. The second-order valence-electron chi connectivity index (χ2n) is 9.23. The summed E-state index contributed by atoms with van der Waals surface area (Å²) in [6.45, 7) is 6.44. The maximum absolute atomic E-state index is 13.8. The number of halogens is 3. The zero-order chi connectivity index (χ0) is 24.8. The van der Waals surface area contributed by atoms with Gasteiger partial charge in [-0.15, -0.1) is 0 Å². The molecule has 2 aliphatic rings. The summed E-state index contributed by atoms with van der Waals surface area (Å²) in [5.41, 5.74) is 2.47. The van der Waals surface area contributed by atoms with Gasteiger partial charge in [-0.1, -0.05) is 13.0 Å². The number of alkyl halides is 3. The Balaban J connectivity index is 1.65. The third-order valence-electron chi connectivity index (χ3n) is 7.23. The van der Waals surface area contributed by atoms with Gasteiger partial charge in [0, 0.05) is 26.6 Å². The first-order valence-electron chi connectivity index (χ1n) is 11.6. The molecule has 0 aliphatic carbocycles. The normalized spacial score (nSPS) is 21.6. The Morgan fingerprint density at radius 3 is 2.59 bits per heavy atom. The average Bonchev–Trinajstić information content (AvgIpc) is 3.41. The van der Waals surface area contributed by atoms with E-state index in [1.54, 1.807) is 36.3 Å². The first-order valence-corrected chi connectivity index (χ1v) is 12.5. The Morgan fingerprint density at radius 1 is 1.24 bits per heavy atom. The number of aryl methyl sites for hydroxylation is 2. The third kappa shape index (κ3) is 4.42. The molecule has 0 spiro atoms. The number of carbonyl (C=O) groups excluding carboxylic acids is 2. The van der Waals surface area contributed by atoms with Crippen molar-refractivity contribution in [3.8, 4) is 0 Å². The predicted octanol–water partition coefficient (Wildman–Crippen LogP) is 5.80. The second kappa shape index (κ2) is 9.24. The fourth-order valence-corrected chi connectivity index (χ4v) is 6.00. The van der Waals surface area contributed by atoms with E-state index in [0.29, 0.717) is 43.5 Å². The van der Waals surface area contributed by atoms with Gasteiger partial charge in [0.05, 0.1) is 23.7 Å². The Labute approximate surface area is 202 Å². The van der Waals surface area contributed by atoms with Crippen LogP contribution >= 0.6 is 11.3 Å². The molecule has 0 N–H and O–H groups in total. The third-order valence-corrected chi connectivity index (χ3v) is 8.11. The number of nitrogens with zero attached hydrogens (tertiary/aromatic N) is 3. The molecule has 4 rings (SSSR count). The molecular formula is C25H30F3N3O2S. The molecule has 0 saturated carbocycles. The molecule has 9 heteroatoms. The molecule has 3 amide bonds. The molecule has 2 aromatic rings. The lowest BCUT2D eigenvalue weighted by molar-refractivity contribution is -0.137. The number of hydrogen-bond donors (Lipinski definition) is 0. The van der Waals surface area contributed by atoms with Gasteiger partial charge in [0.2, 0.25) is 5.91 Å². The van der Waals surface area contributed by atoms with Crippen molar-refractivity contribution in [3.63, 3.8) is 0 Å². The molecule has 5 nitrogen and oxygen atoms in total. The van der Waals surface area contributed by atoms with Crippen LogP contribution in [0.5, 0.6) is 0 Å². The summed E-state index contributed by atoms with van der Waals surface area (Å²) in [7, 11) is 1.64. The number of carbonyl (C=O) groups is 2. The van der Waals surface area contributed by atoms with Gasteiger partial charge in [0.1, 0.15) is 0 Å². The lowest BCUT2D eigenvalue weighted by atomic mass is 9.93. The minimum Gasteiger partial charge on any atom is -0.335 e. The minimum atomic E-state index is -4.45. The molecule has 3 atom stereocenters. The lowest BCUT2D eigenvalue weighted by Crippen LogP contribution is -2.57. The predicted molar refractivity (Wildman–Crippen MR) is 126 cm³/mol. The zero-order valence-electron chi connectivity index (χ0n) is 19.9. The lowest BCUT2D eigenvalue weighted by Gasteiger charge is -2.46. The second-order valence-corrected chi connectivity index (χ2v) is 9.97. The summed E-state index contributed by atoms with van der Waals surface area (Å²) in [4.78, 5) is 31.4. The van der Waals surface area contributed by atoms with Crippen LogP contribution in [0, 0.1) is 6.92 Å². The van der Waals surface area contributed by atoms with Crippen LogP contribution < -0.4 is 0 Å². The van der Waals surface area contributed by atoms with E-state index in [2.05, 4.69) is 0 Å². The summed E-state index contributed by atoms with van der Waals surface area (Å²) in [6, 6.07) is 2.93. The van der Waals surface area contributed by atoms with Gasteiger partial charge in [-0.3, -0.25) is 4.79 Å². The molecule has 2 aliphatic heterocycles. The summed E-state index contributed by atoms with van der Waals surface area (Å²) >= 11 is 1.57. The van der Waals surface area contributed by atoms with Crippen molar-refractivity contribution in [3.05, 3.63) is 56.8 Å². The number of piperazine rings is 1. The van der Waals surface area contributed by atoms with Crippen LogP contribution in [0.1, 0.15) is 66.6 Å². The van der Waals surface area contributed by atoms with Crippen LogP contribution in [0.3, 0.4) is 0 Å². The summed E-state index contributed by atoms with van der Waals surface area (Å²) in [5.74, 6) is 0.118. The molecule has 0 radical (unpaired) electrons. The van der Waals surface area contributed by atoms with Gasteiger partial charge in [0.15, 0.2) is 0 Å². The minimum absolute atomic E-state index is 0.0811. The molecule has 3 unspecified atom stereocenters. The van der Waals surface area contributed by atoms with E-state index in [0.717, 1.165) is 17.2 Å². The molecular weight excluding hydrogens is 463 g/mol. The highest BCUT2D eigenvalue weighted by Crippen LogP contribution is 2.41. The maximum atomic E-state index is 13.8. The molecule has 0 bridgehead atoms. The van der Waals surface area contributed by atoms with Crippen LogP contribution in [0.25, 0.3) is 0 Å². The van der Waals surface area contributed by atoms with E-state index in [1.165, 1.54) is 11.0 Å². The van der Waals surface area contributed by atoms with Crippen LogP contribution in [0.2, 0.25) is 0 Å². The highest BCUT2D eigenvalue weighted by Gasteiger charge is 2.46. The molecule has 184 valence electrons. The van der Waals surface area contributed by atoms with Crippen molar-refractivity contribution in [1.82, 2.24) is 14.7 Å². The summed E-state index contributed by atoms with van der Waals surface area (Å²) in [5, 5.41) is 4.07. The number of rotatable bonds is 4. The monoisotopic (exact) mass is 493 g/mol. The van der Waals surface area contributed by atoms with Crippen molar-refractivity contribution in [2.45, 2.75) is 64.3 Å². The Kier molecular flexibility index (Phi) is 6.68. The van der Waals surface area contributed by atoms with Crippen molar-refractivity contribution in [2.24, 2.45) is 0 Å². The Hall–Kier alpha value is -2.55. The SMILES string of the molecule is CCc1cc(C(C)N(C)C(=O)N2CCN3C(=O)CCC3C2c2cscc2C)cc(C(F)(F)F)c1. The molecule has 3 heterocycles. The van der Waals surface area contributed by atoms with Crippen LogP contribution in [-0.4, -0.2) is 52.8 Å². The Bertz CT molecular complexity index is 1080. The van der Waals surface area contributed by atoms with Gasteiger partial charge < -0.3 is 14.7 Å². The first-order chi connectivity index (χ1) is 16.0. The Morgan fingerprint density at radius 2 is 1.97 bits per heavy atom. The first kappa shape index (κ1) is 24.6. The molecule has 2 fully saturated rings. The molecule has 1 aromatic heterocycles. The van der Waals surface area contributed by atoms with Crippen molar-refractivity contribution < 1.29 is 22.8 Å². The van der Waals surface area contributed by atoms with Gasteiger partial charge in [-0.05, 0) is 71.8 Å². The van der Waals surface area contributed by atoms with Gasteiger partial charge in [-0.25, -0.2) is 4.79 Å². The zero-order valence-corrected chi connectivity index (χ0v) is 20.7. The van der Waals surface area contributed by atoms with E-state index in [4.69, 9.17) is 0 Å². The van der Waals surface area contributed by atoms with Crippen LogP contribution in [0.15, 0.2) is 29.0 Å². The highest BCUT2D eigenvalue weighted by molar-refractivity contribution is 7.08. The van der Waals surface area contributed by atoms with Crippen molar-refractivity contribution in [1.29, 1.82) is 0 Å². The van der Waals surface area contributed by atoms with E-state index >= 15 is 0 Å². The van der Waals surface area contributed by atoms with E-state index in [9.17, 15) is 22.8 Å². The fraction of sp³-hybridized carbons (Fsp3) is 0.520. The number of thiophene rings is 1. The smallest absolute Gasteiger partial charge is 0.335 e. The standard InChI is InChI=1S/C25H30F3N3O2S/c1-5-17-10-18(12-19(11-17)25(26,27)28)16(3)29(4)24(33)31-9-8-30-21(6-7-22(30)32)23(31)20-14-34-13-15(20)2/h10-14,16,21,23H,5-9H2,1-4H3. The van der Waals surface area contributed by atoms with E-state index < -0.39 is 17.8 Å². The van der Waals surface area contributed by atoms with Crippen molar-refractivity contribution >= 4 is 23.3 Å². The quantitative estimate of drug-likeness (QED) is 0.541. The number of hydrogen-bond acceptors (Lipinski definition) is 3. The van der Waals surface area contributed by atoms with Crippen LogP contribution in [0.4, 0.5) is 18.0 Å². The maximum Gasteiger partial charge on any atom is 0.416 e. The van der Waals surface area contributed by atoms with Crippen LogP contribution in [-0.2, 0) is 17.4 Å². The molecule has 2 saturated heterocycles. The van der Waals surface area contributed by atoms with Crippen molar-refractivity contribution in [2.75, 3.05) is 20.1 Å². The summed E-state index contributed by atoms with van der Waals surface area (Å²) < 4.78 is 40.4. The largest absolute Gasteiger partial charge is 0.416 e. The number of fused-ring (bicyclic) bond motifs is 1. The van der Waals surface area contributed by atoms with E-state index in [1.807, 2.05) is 29.5 Å². The van der Waals surface area contributed by atoms with Gasteiger partial charge in [-0.2, -0.15) is 24.5 Å². The van der Waals surface area contributed by atoms with Gasteiger partial charge >= 0.3 is 12.2 Å². The molecule has 1 aromatic carbocycles. The highest BCUT2D eigenvalue weighted by atomic mass is 32.1.